The van der Waals surface area contributed by atoms with Crippen LogP contribution in [0.5, 0.6) is 0 Å². The predicted octanol–water partition coefficient (Wildman–Crippen LogP) is 3.17. The van der Waals surface area contributed by atoms with Crippen LogP contribution in [-0.2, 0) is 33.2 Å². The Balaban J connectivity index is 1.78. The zero-order valence-electron chi connectivity index (χ0n) is 18.2. The molecule has 7 heteroatoms. The van der Waals surface area contributed by atoms with Gasteiger partial charge in [0.15, 0.2) is 18.7 Å². The Morgan fingerprint density at radius 1 is 1.10 bits per heavy atom. The van der Waals surface area contributed by atoms with Gasteiger partial charge in [0, 0.05) is 7.11 Å². The normalized spacial score (nSPS) is 31.8. The summed E-state index contributed by atoms with van der Waals surface area (Å²) in [6.07, 6.45) is 0.221. The van der Waals surface area contributed by atoms with Crippen LogP contribution in [0.15, 0.2) is 36.4 Å². The standard InChI is InChI=1S/C23H32O7/c1-14(2)22(24)30-21-20(27-15(3)4)19-17(28-23(21)25-5)13-26-18(29-19)12-11-16-9-7-6-8-10-16/h6-12,14-15,17-21,23H,13H2,1-5H3/b12-11+/t17?,18?,19-,20+,21?,23+/m1/s1. The van der Waals surface area contributed by atoms with E-state index >= 15 is 0 Å². The maximum atomic E-state index is 12.3. The Hall–Kier alpha value is -1.77. The van der Waals surface area contributed by atoms with Crippen molar-refractivity contribution in [2.75, 3.05) is 13.7 Å². The van der Waals surface area contributed by atoms with E-state index in [0.29, 0.717) is 6.61 Å². The van der Waals surface area contributed by atoms with Crippen LogP contribution < -0.4 is 0 Å². The molecule has 3 unspecified atom stereocenters. The van der Waals surface area contributed by atoms with E-state index in [1.54, 1.807) is 13.8 Å². The van der Waals surface area contributed by atoms with Crippen molar-refractivity contribution in [2.24, 2.45) is 5.92 Å². The molecule has 2 aliphatic rings. The van der Waals surface area contributed by atoms with Gasteiger partial charge in [0.1, 0.15) is 18.3 Å². The lowest BCUT2D eigenvalue weighted by molar-refractivity contribution is -0.356. The van der Waals surface area contributed by atoms with Gasteiger partial charge in [-0.1, -0.05) is 50.3 Å². The van der Waals surface area contributed by atoms with Crippen molar-refractivity contribution in [1.82, 2.24) is 0 Å². The fourth-order valence-corrected chi connectivity index (χ4v) is 3.47. The third-order valence-electron chi connectivity index (χ3n) is 4.94. The highest BCUT2D eigenvalue weighted by atomic mass is 16.8. The molecule has 3 rings (SSSR count). The van der Waals surface area contributed by atoms with Crippen LogP contribution in [0.2, 0.25) is 0 Å². The summed E-state index contributed by atoms with van der Waals surface area (Å²) in [6.45, 7) is 7.74. The van der Waals surface area contributed by atoms with Gasteiger partial charge in [-0.15, -0.1) is 0 Å². The highest BCUT2D eigenvalue weighted by molar-refractivity contribution is 5.71. The first kappa shape index (κ1) is 22.9. The molecule has 6 atom stereocenters. The monoisotopic (exact) mass is 420 g/mol. The molecule has 0 amide bonds. The zero-order chi connectivity index (χ0) is 21.7. The molecule has 2 aliphatic heterocycles. The molecule has 166 valence electrons. The Bertz CT molecular complexity index is 703. The fourth-order valence-electron chi connectivity index (χ4n) is 3.47. The lowest BCUT2D eigenvalue weighted by Gasteiger charge is -2.48. The lowest BCUT2D eigenvalue weighted by atomic mass is 9.97. The summed E-state index contributed by atoms with van der Waals surface area (Å²) >= 11 is 0. The topological polar surface area (TPSA) is 72.5 Å². The molecular weight excluding hydrogens is 388 g/mol. The van der Waals surface area contributed by atoms with Crippen molar-refractivity contribution in [3.8, 4) is 0 Å². The molecule has 30 heavy (non-hydrogen) atoms. The molecule has 0 N–H and O–H groups in total. The van der Waals surface area contributed by atoms with Crippen molar-refractivity contribution in [3.63, 3.8) is 0 Å². The number of hydrogen-bond donors (Lipinski definition) is 0. The van der Waals surface area contributed by atoms with Crippen LogP contribution in [0, 0.1) is 5.92 Å². The number of carbonyl (C=O) groups excluding carboxylic acids is 1. The van der Waals surface area contributed by atoms with E-state index in [-0.39, 0.29) is 18.0 Å². The van der Waals surface area contributed by atoms with Crippen LogP contribution in [0.1, 0.15) is 33.3 Å². The van der Waals surface area contributed by atoms with Crippen LogP contribution in [0.3, 0.4) is 0 Å². The van der Waals surface area contributed by atoms with E-state index in [9.17, 15) is 4.79 Å². The molecule has 0 saturated carbocycles. The molecule has 0 aliphatic carbocycles. The van der Waals surface area contributed by atoms with Crippen LogP contribution in [-0.4, -0.2) is 62.8 Å². The van der Waals surface area contributed by atoms with Gasteiger partial charge in [-0.25, -0.2) is 0 Å². The Morgan fingerprint density at radius 3 is 2.47 bits per heavy atom. The van der Waals surface area contributed by atoms with E-state index in [1.165, 1.54) is 7.11 Å². The molecular formula is C23H32O7. The summed E-state index contributed by atoms with van der Waals surface area (Å²) in [7, 11) is 1.52. The third-order valence-corrected chi connectivity index (χ3v) is 4.94. The van der Waals surface area contributed by atoms with Gasteiger partial charge in [-0.3, -0.25) is 4.79 Å². The minimum absolute atomic E-state index is 0.101. The second-order valence-corrected chi connectivity index (χ2v) is 8.06. The zero-order valence-corrected chi connectivity index (χ0v) is 18.2. The lowest BCUT2D eigenvalue weighted by Crippen LogP contribution is -2.65. The number of benzene rings is 1. The molecule has 2 heterocycles. The van der Waals surface area contributed by atoms with E-state index < -0.39 is 37.0 Å². The van der Waals surface area contributed by atoms with E-state index in [1.807, 2.05) is 56.3 Å². The first-order chi connectivity index (χ1) is 14.4. The maximum Gasteiger partial charge on any atom is 0.308 e. The number of methoxy groups -OCH3 is 1. The van der Waals surface area contributed by atoms with Gasteiger partial charge in [-0.2, -0.15) is 0 Å². The smallest absolute Gasteiger partial charge is 0.308 e. The molecule has 1 aromatic carbocycles. The Morgan fingerprint density at radius 2 is 1.83 bits per heavy atom. The second-order valence-electron chi connectivity index (χ2n) is 8.06. The quantitative estimate of drug-likeness (QED) is 0.628. The Labute approximate surface area is 178 Å². The first-order valence-corrected chi connectivity index (χ1v) is 10.4. The summed E-state index contributed by atoms with van der Waals surface area (Å²) in [5, 5.41) is 0. The summed E-state index contributed by atoms with van der Waals surface area (Å²) in [4.78, 5) is 12.3. The number of esters is 1. The average molecular weight is 421 g/mol. The maximum absolute atomic E-state index is 12.3. The van der Waals surface area contributed by atoms with Gasteiger partial charge >= 0.3 is 5.97 Å². The second kappa shape index (κ2) is 10.5. The third kappa shape index (κ3) is 5.68. The molecule has 7 nitrogen and oxygen atoms in total. The molecule has 0 radical (unpaired) electrons. The van der Waals surface area contributed by atoms with Crippen LogP contribution in [0.25, 0.3) is 6.08 Å². The summed E-state index contributed by atoms with van der Waals surface area (Å²) in [5.41, 5.74) is 1.05. The number of hydrogen-bond acceptors (Lipinski definition) is 7. The molecule has 0 spiro atoms. The van der Waals surface area contributed by atoms with Crippen molar-refractivity contribution in [2.45, 2.75) is 70.8 Å². The van der Waals surface area contributed by atoms with Gasteiger partial charge in [0.25, 0.3) is 0 Å². The Kier molecular flexibility index (Phi) is 8.02. The van der Waals surface area contributed by atoms with Gasteiger partial charge in [0.2, 0.25) is 0 Å². The minimum atomic E-state index is -0.763. The highest BCUT2D eigenvalue weighted by Crippen LogP contribution is 2.33. The van der Waals surface area contributed by atoms with Gasteiger partial charge in [-0.05, 0) is 25.5 Å². The molecule has 2 saturated heterocycles. The number of rotatable bonds is 7. The summed E-state index contributed by atoms with van der Waals surface area (Å²) < 4.78 is 35.4. The molecule has 1 aromatic rings. The van der Waals surface area contributed by atoms with E-state index in [2.05, 4.69) is 0 Å². The number of fused-ring (bicyclic) bond motifs is 1. The summed E-state index contributed by atoms with van der Waals surface area (Å²) in [5.74, 6) is -0.619. The molecule has 0 bridgehead atoms. The number of ether oxygens (including phenoxy) is 6. The minimum Gasteiger partial charge on any atom is -0.454 e. The van der Waals surface area contributed by atoms with Gasteiger partial charge < -0.3 is 28.4 Å². The van der Waals surface area contributed by atoms with E-state index in [4.69, 9.17) is 28.4 Å². The van der Waals surface area contributed by atoms with Crippen molar-refractivity contribution < 1.29 is 33.2 Å². The van der Waals surface area contributed by atoms with Crippen LogP contribution in [0.4, 0.5) is 0 Å². The predicted molar refractivity (Wildman–Crippen MR) is 110 cm³/mol. The summed E-state index contributed by atoms with van der Waals surface area (Å²) in [6, 6.07) is 9.91. The average Bonchev–Trinajstić information content (AvgIpc) is 2.73. The molecule has 2 fully saturated rings. The van der Waals surface area contributed by atoms with Crippen molar-refractivity contribution in [1.29, 1.82) is 0 Å². The van der Waals surface area contributed by atoms with Crippen molar-refractivity contribution >= 4 is 12.0 Å². The van der Waals surface area contributed by atoms with Crippen molar-refractivity contribution in [3.05, 3.63) is 42.0 Å². The highest BCUT2D eigenvalue weighted by Gasteiger charge is 2.52. The fraction of sp³-hybridized carbons (Fsp3) is 0.609. The van der Waals surface area contributed by atoms with E-state index in [0.717, 1.165) is 5.56 Å². The van der Waals surface area contributed by atoms with Gasteiger partial charge in [0.05, 0.1) is 18.6 Å². The first-order valence-electron chi connectivity index (χ1n) is 10.4. The largest absolute Gasteiger partial charge is 0.454 e. The molecule has 0 aromatic heterocycles. The van der Waals surface area contributed by atoms with Crippen LogP contribution >= 0.6 is 0 Å². The number of carbonyl (C=O) groups is 1. The SMILES string of the molecule is CO[C@H]1OC2COC(/C=C/c3ccccc3)O[C@H]2[C@H](OC(C)C)C1OC(=O)C(C)C.